The van der Waals surface area contributed by atoms with Crippen LogP contribution in [-0.4, -0.2) is 50.9 Å². The van der Waals surface area contributed by atoms with Crippen LogP contribution in [0.2, 0.25) is 0 Å². The molecule has 2 aromatic heterocycles. The second-order valence-corrected chi connectivity index (χ2v) is 5.08. The zero-order valence-electron chi connectivity index (χ0n) is 9.58. The van der Waals surface area contributed by atoms with Gasteiger partial charge in [0.05, 0.1) is 17.1 Å². The van der Waals surface area contributed by atoms with Gasteiger partial charge in [-0.3, -0.25) is 5.84 Å². The SMILES string of the molecule is CN1CCN(N)C(c2nsc3ncncc23)C1. The maximum Gasteiger partial charge on any atom is 0.147 e. The normalized spacial score (nSPS) is 23.3. The van der Waals surface area contributed by atoms with E-state index in [0.29, 0.717) is 0 Å². The molecule has 1 unspecified atom stereocenters. The third-order valence-corrected chi connectivity index (χ3v) is 3.91. The average Bonchev–Trinajstić information content (AvgIpc) is 2.76. The maximum atomic E-state index is 6.05. The molecule has 7 heteroatoms. The number of nitrogens with two attached hydrogens (primary N) is 1. The zero-order valence-corrected chi connectivity index (χ0v) is 10.4. The van der Waals surface area contributed by atoms with Crippen LogP contribution >= 0.6 is 11.5 Å². The van der Waals surface area contributed by atoms with Gasteiger partial charge in [-0.2, -0.15) is 4.37 Å². The Morgan fingerprint density at radius 1 is 1.47 bits per heavy atom. The number of nitrogens with zero attached hydrogens (tertiary/aromatic N) is 5. The van der Waals surface area contributed by atoms with Crippen molar-refractivity contribution in [2.24, 2.45) is 5.84 Å². The van der Waals surface area contributed by atoms with Gasteiger partial charge < -0.3 is 4.90 Å². The van der Waals surface area contributed by atoms with E-state index in [9.17, 15) is 0 Å². The van der Waals surface area contributed by atoms with Crippen LogP contribution in [0.25, 0.3) is 10.2 Å². The molecule has 0 saturated carbocycles. The summed E-state index contributed by atoms with van der Waals surface area (Å²) in [4.78, 5) is 11.5. The van der Waals surface area contributed by atoms with Gasteiger partial charge in [-0.05, 0) is 18.6 Å². The molecule has 1 aliphatic heterocycles. The first-order valence-corrected chi connectivity index (χ1v) is 6.28. The fourth-order valence-electron chi connectivity index (χ4n) is 2.13. The topological polar surface area (TPSA) is 71.2 Å². The van der Waals surface area contributed by atoms with Gasteiger partial charge in [0.2, 0.25) is 0 Å². The minimum absolute atomic E-state index is 0.133. The fraction of sp³-hybridized carbons (Fsp3) is 0.500. The molecule has 3 heterocycles. The molecular formula is C10H14N6S. The second-order valence-electron chi connectivity index (χ2n) is 4.33. The summed E-state index contributed by atoms with van der Waals surface area (Å²) in [6.45, 7) is 2.74. The van der Waals surface area contributed by atoms with Gasteiger partial charge in [-0.15, -0.1) is 0 Å². The van der Waals surface area contributed by atoms with Crippen LogP contribution in [0.15, 0.2) is 12.5 Å². The molecule has 6 nitrogen and oxygen atoms in total. The lowest BCUT2D eigenvalue weighted by Crippen LogP contribution is -2.50. The summed E-state index contributed by atoms with van der Waals surface area (Å²) in [5.41, 5.74) is 1.000. The number of likely N-dealkylation sites (N-methyl/N-ethyl adjacent to an activating group) is 1. The van der Waals surface area contributed by atoms with Crippen LogP contribution in [0.3, 0.4) is 0 Å². The second kappa shape index (κ2) is 4.26. The highest BCUT2D eigenvalue weighted by Crippen LogP contribution is 2.29. The van der Waals surface area contributed by atoms with E-state index < -0.39 is 0 Å². The van der Waals surface area contributed by atoms with Gasteiger partial charge in [0.15, 0.2) is 0 Å². The monoisotopic (exact) mass is 250 g/mol. The Morgan fingerprint density at radius 3 is 3.24 bits per heavy atom. The molecule has 0 bridgehead atoms. The molecule has 0 amide bonds. The van der Waals surface area contributed by atoms with Crippen LogP contribution in [0.4, 0.5) is 0 Å². The van der Waals surface area contributed by atoms with Crippen molar-refractivity contribution in [1.82, 2.24) is 24.3 Å². The predicted octanol–water partition coefficient (Wildman–Crippen LogP) is 0.248. The molecule has 0 radical (unpaired) electrons. The third kappa shape index (κ3) is 1.91. The number of aromatic nitrogens is 3. The number of fused-ring (bicyclic) bond motifs is 1. The highest BCUT2D eigenvalue weighted by atomic mass is 32.1. The lowest BCUT2D eigenvalue weighted by atomic mass is 10.1. The van der Waals surface area contributed by atoms with Gasteiger partial charge in [0, 0.05) is 25.8 Å². The molecule has 90 valence electrons. The molecule has 2 aromatic rings. The Balaban J connectivity index is 2.02. The molecule has 17 heavy (non-hydrogen) atoms. The van der Waals surface area contributed by atoms with Crippen molar-refractivity contribution >= 4 is 21.7 Å². The van der Waals surface area contributed by atoms with E-state index in [0.717, 1.165) is 35.5 Å². The maximum absolute atomic E-state index is 6.05. The predicted molar refractivity (Wildman–Crippen MR) is 66.3 cm³/mol. The first-order chi connectivity index (χ1) is 8.25. The van der Waals surface area contributed by atoms with Crippen molar-refractivity contribution in [1.29, 1.82) is 0 Å². The van der Waals surface area contributed by atoms with E-state index in [-0.39, 0.29) is 6.04 Å². The summed E-state index contributed by atoms with van der Waals surface area (Å²) in [6, 6.07) is 0.133. The van der Waals surface area contributed by atoms with E-state index in [1.165, 1.54) is 11.5 Å². The smallest absolute Gasteiger partial charge is 0.147 e. The van der Waals surface area contributed by atoms with Crippen molar-refractivity contribution < 1.29 is 0 Å². The molecule has 1 atom stereocenters. The zero-order chi connectivity index (χ0) is 11.8. The van der Waals surface area contributed by atoms with Crippen LogP contribution < -0.4 is 5.84 Å². The number of hydrogen-bond acceptors (Lipinski definition) is 7. The van der Waals surface area contributed by atoms with E-state index in [1.54, 1.807) is 6.33 Å². The lowest BCUT2D eigenvalue weighted by Gasteiger charge is -2.36. The average molecular weight is 250 g/mol. The molecule has 0 aliphatic carbocycles. The third-order valence-electron chi connectivity index (χ3n) is 3.12. The molecule has 2 N–H and O–H groups in total. The Labute approximate surface area is 103 Å². The Hall–Kier alpha value is -1.15. The number of piperazine rings is 1. The van der Waals surface area contributed by atoms with Crippen molar-refractivity contribution in [3.05, 3.63) is 18.2 Å². The van der Waals surface area contributed by atoms with Gasteiger partial charge >= 0.3 is 0 Å². The summed E-state index contributed by atoms with van der Waals surface area (Å²) in [6.07, 6.45) is 3.38. The lowest BCUT2D eigenvalue weighted by molar-refractivity contribution is 0.0895. The van der Waals surface area contributed by atoms with Gasteiger partial charge in [-0.25, -0.2) is 15.0 Å². The van der Waals surface area contributed by atoms with Gasteiger partial charge in [-0.1, -0.05) is 0 Å². The molecule has 1 fully saturated rings. The quantitative estimate of drug-likeness (QED) is 0.731. The van der Waals surface area contributed by atoms with Crippen molar-refractivity contribution in [2.75, 3.05) is 26.7 Å². The van der Waals surface area contributed by atoms with Crippen molar-refractivity contribution in [2.45, 2.75) is 6.04 Å². The van der Waals surface area contributed by atoms with E-state index in [1.807, 2.05) is 11.2 Å². The van der Waals surface area contributed by atoms with E-state index in [2.05, 4.69) is 26.3 Å². The fourth-order valence-corrected chi connectivity index (χ4v) is 2.88. The number of rotatable bonds is 1. The minimum atomic E-state index is 0.133. The van der Waals surface area contributed by atoms with Crippen molar-refractivity contribution in [3.63, 3.8) is 0 Å². The van der Waals surface area contributed by atoms with E-state index >= 15 is 0 Å². The molecule has 1 aliphatic rings. The summed E-state index contributed by atoms with van der Waals surface area (Å²) in [7, 11) is 2.10. The van der Waals surface area contributed by atoms with Crippen LogP contribution in [0.5, 0.6) is 0 Å². The molecule has 3 rings (SSSR count). The van der Waals surface area contributed by atoms with E-state index in [4.69, 9.17) is 5.84 Å². The first kappa shape index (κ1) is 11.0. The largest absolute Gasteiger partial charge is 0.303 e. The summed E-state index contributed by atoms with van der Waals surface area (Å²) >= 11 is 1.41. The minimum Gasteiger partial charge on any atom is -0.303 e. The highest BCUT2D eigenvalue weighted by Gasteiger charge is 2.28. The first-order valence-electron chi connectivity index (χ1n) is 5.51. The summed E-state index contributed by atoms with van der Waals surface area (Å²) < 4.78 is 4.49. The molecule has 0 spiro atoms. The Bertz CT molecular complexity index is 526. The number of hydrogen-bond donors (Lipinski definition) is 1. The Kier molecular flexibility index (Phi) is 2.75. The standard InChI is InChI=1S/C10H14N6S/c1-15-2-3-16(11)8(5-15)9-7-4-12-6-13-10(7)17-14-9/h4,6,8H,2-3,5,11H2,1H3. The van der Waals surface area contributed by atoms with Crippen LogP contribution in [-0.2, 0) is 0 Å². The number of hydrazine groups is 1. The van der Waals surface area contributed by atoms with Crippen LogP contribution in [0.1, 0.15) is 11.7 Å². The summed E-state index contributed by atoms with van der Waals surface area (Å²) in [5.74, 6) is 6.05. The Morgan fingerprint density at radius 2 is 2.35 bits per heavy atom. The molecular weight excluding hydrogens is 236 g/mol. The highest BCUT2D eigenvalue weighted by molar-refractivity contribution is 7.12. The molecule has 0 aromatic carbocycles. The van der Waals surface area contributed by atoms with Gasteiger partial charge in [0.1, 0.15) is 11.2 Å². The summed E-state index contributed by atoms with van der Waals surface area (Å²) in [5, 5.41) is 2.88. The van der Waals surface area contributed by atoms with Gasteiger partial charge in [0.25, 0.3) is 0 Å². The molecule has 1 saturated heterocycles. The van der Waals surface area contributed by atoms with Crippen molar-refractivity contribution in [3.8, 4) is 0 Å². The van der Waals surface area contributed by atoms with Crippen LogP contribution in [0, 0.1) is 0 Å².